The van der Waals surface area contributed by atoms with E-state index in [2.05, 4.69) is 35.1 Å². The van der Waals surface area contributed by atoms with E-state index in [9.17, 15) is 5.11 Å². The van der Waals surface area contributed by atoms with Gasteiger partial charge in [-0.2, -0.15) is 0 Å². The lowest BCUT2D eigenvalue weighted by molar-refractivity contribution is 0.266. The molecule has 0 saturated carbocycles. The molecule has 100 valence electrons. The van der Waals surface area contributed by atoms with Crippen LogP contribution in [0, 0.1) is 6.92 Å². The van der Waals surface area contributed by atoms with Crippen LogP contribution in [0.2, 0.25) is 0 Å². The number of hydrogen-bond acceptors (Lipinski definition) is 4. The Morgan fingerprint density at radius 1 is 1.56 bits per heavy atom. The van der Waals surface area contributed by atoms with E-state index in [4.69, 9.17) is 0 Å². The first kappa shape index (κ1) is 13.3. The molecule has 0 spiro atoms. The number of aliphatic hydroxyl groups is 1. The zero-order chi connectivity index (χ0) is 13.0. The van der Waals surface area contributed by atoms with Gasteiger partial charge in [-0.1, -0.05) is 6.92 Å². The molecule has 1 aliphatic rings. The Morgan fingerprint density at radius 2 is 2.39 bits per heavy atom. The molecule has 0 aromatic carbocycles. The van der Waals surface area contributed by atoms with Crippen molar-refractivity contribution in [2.45, 2.75) is 39.3 Å². The van der Waals surface area contributed by atoms with Gasteiger partial charge in [0.2, 0.25) is 0 Å². The lowest BCUT2D eigenvalue weighted by Gasteiger charge is -2.25. The maximum atomic E-state index is 9.38. The van der Waals surface area contributed by atoms with Crippen LogP contribution in [0.15, 0.2) is 12.3 Å². The summed E-state index contributed by atoms with van der Waals surface area (Å²) in [7, 11) is 0. The summed E-state index contributed by atoms with van der Waals surface area (Å²) in [6.07, 6.45) is 4.15. The van der Waals surface area contributed by atoms with Crippen molar-refractivity contribution in [3.63, 3.8) is 0 Å². The first-order chi connectivity index (χ1) is 8.76. The molecule has 2 rings (SSSR count). The molecule has 1 fully saturated rings. The fourth-order valence-electron chi connectivity index (χ4n) is 2.60. The summed E-state index contributed by atoms with van der Waals surface area (Å²) in [6.45, 7) is 7.27. The normalized spacial score (nSPS) is 19.5. The summed E-state index contributed by atoms with van der Waals surface area (Å²) in [5.41, 5.74) is 2.42. The Morgan fingerprint density at radius 3 is 3.06 bits per heavy atom. The largest absolute Gasteiger partial charge is 0.394 e. The number of hydrogen-bond donors (Lipinski definition) is 2. The molecule has 1 unspecified atom stereocenters. The van der Waals surface area contributed by atoms with Crippen LogP contribution in [0.3, 0.4) is 0 Å². The molecule has 1 aliphatic heterocycles. The van der Waals surface area contributed by atoms with Crippen LogP contribution in [-0.2, 0) is 6.54 Å². The molecule has 2 N–H and O–H groups in total. The van der Waals surface area contributed by atoms with Crippen molar-refractivity contribution in [1.29, 1.82) is 0 Å². The molecule has 1 saturated heterocycles. The van der Waals surface area contributed by atoms with Crippen molar-refractivity contribution in [3.8, 4) is 0 Å². The number of anilines is 1. The molecule has 2 heterocycles. The van der Waals surface area contributed by atoms with Crippen LogP contribution in [0.5, 0.6) is 0 Å². The average Bonchev–Trinajstić information content (AvgIpc) is 2.84. The Hall–Kier alpha value is -1.13. The Balaban J connectivity index is 2.14. The van der Waals surface area contributed by atoms with Crippen LogP contribution >= 0.6 is 0 Å². The van der Waals surface area contributed by atoms with Gasteiger partial charge in [0.15, 0.2) is 0 Å². The van der Waals surface area contributed by atoms with E-state index in [0.29, 0.717) is 0 Å². The van der Waals surface area contributed by atoms with Gasteiger partial charge in [-0.15, -0.1) is 0 Å². The van der Waals surface area contributed by atoms with Crippen LogP contribution in [0.1, 0.15) is 30.9 Å². The van der Waals surface area contributed by atoms with Crippen molar-refractivity contribution >= 4 is 5.82 Å². The zero-order valence-corrected chi connectivity index (χ0v) is 11.3. The van der Waals surface area contributed by atoms with Gasteiger partial charge >= 0.3 is 0 Å². The van der Waals surface area contributed by atoms with Gasteiger partial charge in [0, 0.05) is 19.3 Å². The third kappa shape index (κ3) is 2.82. The van der Waals surface area contributed by atoms with E-state index in [1.165, 1.54) is 11.1 Å². The second kappa shape index (κ2) is 6.16. The second-order valence-electron chi connectivity index (χ2n) is 4.94. The monoisotopic (exact) mass is 249 g/mol. The zero-order valence-electron chi connectivity index (χ0n) is 11.3. The van der Waals surface area contributed by atoms with Crippen LogP contribution in [0.4, 0.5) is 5.82 Å². The van der Waals surface area contributed by atoms with Crippen LogP contribution in [0.25, 0.3) is 0 Å². The van der Waals surface area contributed by atoms with E-state index in [-0.39, 0.29) is 12.6 Å². The highest BCUT2D eigenvalue weighted by Gasteiger charge is 2.25. The van der Waals surface area contributed by atoms with E-state index in [1.807, 2.05) is 6.20 Å². The SMILES string of the molecule is CCNCc1cnc(N2CCCC2CO)c(C)c1. The summed E-state index contributed by atoms with van der Waals surface area (Å²) in [6, 6.07) is 2.44. The highest BCUT2D eigenvalue weighted by Crippen LogP contribution is 2.26. The molecule has 4 nitrogen and oxygen atoms in total. The fraction of sp³-hybridized carbons (Fsp3) is 0.643. The van der Waals surface area contributed by atoms with Gasteiger partial charge in [-0.05, 0) is 43.5 Å². The van der Waals surface area contributed by atoms with Gasteiger partial charge in [-0.3, -0.25) is 0 Å². The minimum atomic E-state index is 0.222. The third-order valence-electron chi connectivity index (χ3n) is 3.55. The quantitative estimate of drug-likeness (QED) is 0.829. The molecular formula is C14H23N3O. The fourth-order valence-corrected chi connectivity index (χ4v) is 2.60. The van der Waals surface area contributed by atoms with Gasteiger partial charge < -0.3 is 15.3 Å². The Bertz CT molecular complexity index is 395. The minimum Gasteiger partial charge on any atom is -0.394 e. The van der Waals surface area contributed by atoms with Crippen molar-refractivity contribution < 1.29 is 5.11 Å². The predicted octanol–water partition coefficient (Wildman–Crippen LogP) is 1.46. The van der Waals surface area contributed by atoms with Crippen molar-refractivity contribution in [2.24, 2.45) is 0 Å². The van der Waals surface area contributed by atoms with E-state index in [1.54, 1.807) is 0 Å². The number of aliphatic hydroxyl groups excluding tert-OH is 1. The summed E-state index contributed by atoms with van der Waals surface area (Å²) in [5.74, 6) is 1.03. The lowest BCUT2D eigenvalue weighted by atomic mass is 10.1. The summed E-state index contributed by atoms with van der Waals surface area (Å²) >= 11 is 0. The maximum absolute atomic E-state index is 9.38. The molecule has 0 aliphatic carbocycles. The molecule has 18 heavy (non-hydrogen) atoms. The second-order valence-corrected chi connectivity index (χ2v) is 4.94. The molecule has 1 aromatic rings. The van der Waals surface area contributed by atoms with E-state index >= 15 is 0 Å². The molecule has 0 bridgehead atoms. The standard InChI is InChI=1S/C14H23N3O/c1-3-15-8-12-7-11(2)14(16-9-12)17-6-4-5-13(17)10-18/h7,9,13,15,18H,3-6,8,10H2,1-2H3. The highest BCUT2D eigenvalue weighted by atomic mass is 16.3. The van der Waals surface area contributed by atoms with Gasteiger partial charge in [0.25, 0.3) is 0 Å². The van der Waals surface area contributed by atoms with Crippen LogP contribution < -0.4 is 10.2 Å². The maximum Gasteiger partial charge on any atom is 0.131 e. The van der Waals surface area contributed by atoms with Gasteiger partial charge in [-0.25, -0.2) is 4.98 Å². The van der Waals surface area contributed by atoms with Crippen molar-refractivity contribution in [1.82, 2.24) is 10.3 Å². The first-order valence-corrected chi connectivity index (χ1v) is 6.80. The average molecular weight is 249 g/mol. The number of nitrogens with zero attached hydrogens (tertiary/aromatic N) is 2. The van der Waals surface area contributed by atoms with E-state index < -0.39 is 0 Å². The molecule has 0 radical (unpaired) electrons. The smallest absolute Gasteiger partial charge is 0.131 e. The van der Waals surface area contributed by atoms with Crippen LogP contribution in [-0.4, -0.2) is 35.8 Å². The van der Waals surface area contributed by atoms with Gasteiger partial charge in [0.05, 0.1) is 12.6 Å². The molecule has 4 heteroatoms. The first-order valence-electron chi connectivity index (χ1n) is 6.80. The molecule has 1 aromatic heterocycles. The molecular weight excluding hydrogens is 226 g/mol. The summed E-state index contributed by atoms with van der Waals surface area (Å²) in [4.78, 5) is 6.83. The minimum absolute atomic E-state index is 0.222. The van der Waals surface area contributed by atoms with E-state index in [0.717, 1.165) is 38.3 Å². The highest BCUT2D eigenvalue weighted by molar-refractivity contribution is 5.49. The summed E-state index contributed by atoms with van der Waals surface area (Å²) in [5, 5.41) is 12.7. The summed E-state index contributed by atoms with van der Waals surface area (Å²) < 4.78 is 0. The Labute approximate surface area is 109 Å². The number of aromatic nitrogens is 1. The molecule has 1 atom stereocenters. The Kier molecular flexibility index (Phi) is 4.55. The van der Waals surface area contributed by atoms with Crippen molar-refractivity contribution in [2.75, 3.05) is 24.6 Å². The van der Waals surface area contributed by atoms with Gasteiger partial charge in [0.1, 0.15) is 5.82 Å². The lowest BCUT2D eigenvalue weighted by Crippen LogP contribution is -2.33. The number of pyridine rings is 1. The third-order valence-corrected chi connectivity index (χ3v) is 3.55. The molecule has 0 amide bonds. The van der Waals surface area contributed by atoms with Crippen molar-refractivity contribution in [3.05, 3.63) is 23.4 Å². The topological polar surface area (TPSA) is 48.4 Å². The number of aryl methyl sites for hydroxylation is 1. The number of nitrogens with one attached hydrogen (secondary N) is 1. The number of rotatable bonds is 5. The predicted molar refractivity (Wildman–Crippen MR) is 73.8 cm³/mol.